The van der Waals surface area contributed by atoms with E-state index >= 15 is 0 Å². The number of hydrogen-bond acceptors (Lipinski definition) is 5. The van der Waals surface area contributed by atoms with Gasteiger partial charge in [0.2, 0.25) is 0 Å². The van der Waals surface area contributed by atoms with Crippen LogP contribution < -0.4 is 14.8 Å². The molecule has 2 rings (SSSR count). The largest absolute Gasteiger partial charge is 0.497 e. The minimum absolute atomic E-state index is 0.0943. The summed E-state index contributed by atoms with van der Waals surface area (Å²) < 4.78 is 10.8. The van der Waals surface area contributed by atoms with Crippen LogP contribution in [0.3, 0.4) is 0 Å². The Bertz CT molecular complexity index is 433. The van der Waals surface area contributed by atoms with E-state index in [1.54, 1.807) is 14.0 Å². The van der Waals surface area contributed by atoms with Gasteiger partial charge < -0.3 is 25.0 Å². The molecule has 0 saturated heterocycles. The van der Waals surface area contributed by atoms with E-state index in [0.29, 0.717) is 13.2 Å². The van der Waals surface area contributed by atoms with Crippen molar-refractivity contribution in [2.75, 3.05) is 26.9 Å². The van der Waals surface area contributed by atoms with Gasteiger partial charge in [-0.25, -0.2) is 0 Å². The Balaban J connectivity index is 2.12. The predicted octanol–water partition coefficient (Wildman–Crippen LogP) is 0.852. The van der Waals surface area contributed by atoms with Crippen molar-refractivity contribution in [3.8, 4) is 11.5 Å². The van der Waals surface area contributed by atoms with Crippen molar-refractivity contribution >= 4 is 0 Å². The third kappa shape index (κ3) is 3.37. The van der Waals surface area contributed by atoms with E-state index < -0.39 is 5.60 Å². The molecule has 0 aromatic heterocycles. The highest BCUT2D eigenvalue weighted by Crippen LogP contribution is 2.34. The standard InChI is InChI=1S/C14H21NO4/c1-14(17,9-16)8-15-12-5-6-19-13-4-3-10(18-2)7-11(12)13/h3-4,7,12,15-17H,5-6,8-9H2,1-2H3. The van der Waals surface area contributed by atoms with E-state index in [4.69, 9.17) is 14.6 Å². The molecule has 2 atom stereocenters. The van der Waals surface area contributed by atoms with Gasteiger partial charge in [0.25, 0.3) is 0 Å². The van der Waals surface area contributed by atoms with E-state index in [0.717, 1.165) is 23.5 Å². The second-order valence-corrected chi connectivity index (χ2v) is 5.13. The van der Waals surface area contributed by atoms with Gasteiger partial charge >= 0.3 is 0 Å². The second-order valence-electron chi connectivity index (χ2n) is 5.13. The van der Waals surface area contributed by atoms with Crippen molar-refractivity contribution in [1.29, 1.82) is 0 Å². The van der Waals surface area contributed by atoms with Gasteiger partial charge in [-0.1, -0.05) is 0 Å². The van der Waals surface area contributed by atoms with E-state index in [1.165, 1.54) is 0 Å². The number of benzene rings is 1. The first-order valence-corrected chi connectivity index (χ1v) is 6.43. The first kappa shape index (κ1) is 14.1. The number of methoxy groups -OCH3 is 1. The van der Waals surface area contributed by atoms with Crippen molar-refractivity contribution in [1.82, 2.24) is 5.32 Å². The summed E-state index contributed by atoms with van der Waals surface area (Å²) >= 11 is 0. The van der Waals surface area contributed by atoms with Crippen LogP contribution in [-0.2, 0) is 0 Å². The molecule has 1 aromatic rings. The lowest BCUT2D eigenvalue weighted by molar-refractivity contribution is -0.000254. The fourth-order valence-electron chi connectivity index (χ4n) is 2.11. The highest BCUT2D eigenvalue weighted by atomic mass is 16.5. The van der Waals surface area contributed by atoms with E-state index in [1.807, 2.05) is 18.2 Å². The lowest BCUT2D eigenvalue weighted by Crippen LogP contribution is -2.43. The zero-order valence-corrected chi connectivity index (χ0v) is 11.3. The summed E-state index contributed by atoms with van der Waals surface area (Å²) in [7, 11) is 1.63. The minimum atomic E-state index is -1.11. The molecule has 5 heteroatoms. The van der Waals surface area contributed by atoms with Gasteiger partial charge in [-0.05, 0) is 25.1 Å². The molecule has 1 aliphatic heterocycles. The molecule has 0 fully saturated rings. The molecule has 3 N–H and O–H groups in total. The van der Waals surface area contributed by atoms with Crippen molar-refractivity contribution in [3.63, 3.8) is 0 Å². The number of aliphatic hydroxyl groups excluding tert-OH is 1. The molecular weight excluding hydrogens is 246 g/mol. The van der Waals surface area contributed by atoms with Gasteiger partial charge in [0.15, 0.2) is 0 Å². The average Bonchev–Trinajstić information content (AvgIpc) is 2.44. The SMILES string of the molecule is COc1ccc2c(c1)C(NCC(C)(O)CO)CCO2. The maximum atomic E-state index is 9.83. The Morgan fingerprint density at radius 1 is 1.53 bits per heavy atom. The van der Waals surface area contributed by atoms with Gasteiger partial charge in [0.05, 0.1) is 25.9 Å². The van der Waals surface area contributed by atoms with Crippen LogP contribution in [0.25, 0.3) is 0 Å². The molecule has 0 amide bonds. The van der Waals surface area contributed by atoms with E-state index in [2.05, 4.69) is 5.32 Å². The molecule has 1 heterocycles. The number of ether oxygens (including phenoxy) is 2. The maximum Gasteiger partial charge on any atom is 0.124 e. The first-order chi connectivity index (χ1) is 9.05. The molecular formula is C14H21NO4. The zero-order chi connectivity index (χ0) is 13.9. The van der Waals surface area contributed by atoms with Crippen molar-refractivity contribution < 1.29 is 19.7 Å². The number of aliphatic hydroxyl groups is 2. The van der Waals surface area contributed by atoms with Crippen LogP contribution in [0.1, 0.15) is 24.9 Å². The smallest absolute Gasteiger partial charge is 0.124 e. The minimum Gasteiger partial charge on any atom is -0.497 e. The van der Waals surface area contributed by atoms with Gasteiger partial charge in [0.1, 0.15) is 11.5 Å². The normalized spacial score (nSPS) is 21.2. The number of rotatable bonds is 5. The van der Waals surface area contributed by atoms with Crippen molar-refractivity contribution in [2.45, 2.75) is 25.0 Å². The molecule has 2 unspecified atom stereocenters. The molecule has 0 radical (unpaired) electrons. The highest BCUT2D eigenvalue weighted by molar-refractivity contribution is 5.43. The summed E-state index contributed by atoms with van der Waals surface area (Å²) in [6.07, 6.45) is 0.821. The summed E-state index contributed by atoms with van der Waals surface area (Å²) in [6, 6.07) is 5.80. The summed E-state index contributed by atoms with van der Waals surface area (Å²) in [5, 5.41) is 22.2. The van der Waals surface area contributed by atoms with Gasteiger partial charge in [-0.2, -0.15) is 0 Å². The fourth-order valence-corrected chi connectivity index (χ4v) is 2.11. The molecule has 1 aliphatic rings. The first-order valence-electron chi connectivity index (χ1n) is 6.43. The van der Waals surface area contributed by atoms with Crippen LogP contribution >= 0.6 is 0 Å². The lowest BCUT2D eigenvalue weighted by Gasteiger charge is -2.30. The summed E-state index contributed by atoms with van der Waals surface area (Å²) in [6.45, 7) is 2.29. The Morgan fingerprint density at radius 2 is 2.32 bits per heavy atom. The lowest BCUT2D eigenvalue weighted by atomic mass is 9.99. The topological polar surface area (TPSA) is 71.0 Å². The number of nitrogens with one attached hydrogen (secondary N) is 1. The quantitative estimate of drug-likeness (QED) is 0.738. The van der Waals surface area contributed by atoms with Crippen LogP contribution in [-0.4, -0.2) is 42.7 Å². The summed E-state index contributed by atoms with van der Waals surface area (Å²) in [4.78, 5) is 0. The number of fused-ring (bicyclic) bond motifs is 1. The monoisotopic (exact) mass is 267 g/mol. The molecule has 0 bridgehead atoms. The highest BCUT2D eigenvalue weighted by Gasteiger charge is 2.25. The van der Waals surface area contributed by atoms with Crippen LogP contribution in [0.15, 0.2) is 18.2 Å². The van der Waals surface area contributed by atoms with Crippen molar-refractivity contribution in [2.24, 2.45) is 0 Å². The Kier molecular flexibility index (Phi) is 4.29. The molecule has 0 saturated carbocycles. The molecule has 0 aliphatic carbocycles. The van der Waals surface area contributed by atoms with Crippen molar-refractivity contribution in [3.05, 3.63) is 23.8 Å². The molecule has 1 aromatic carbocycles. The second kappa shape index (κ2) is 5.77. The fraction of sp³-hybridized carbons (Fsp3) is 0.571. The Hall–Kier alpha value is -1.30. The van der Waals surface area contributed by atoms with Crippen LogP contribution in [0.4, 0.5) is 0 Å². The van der Waals surface area contributed by atoms with Crippen LogP contribution in [0.5, 0.6) is 11.5 Å². The predicted molar refractivity (Wildman–Crippen MR) is 71.6 cm³/mol. The molecule has 106 valence electrons. The van der Waals surface area contributed by atoms with E-state index in [-0.39, 0.29) is 12.6 Å². The van der Waals surface area contributed by atoms with Gasteiger partial charge in [-0.15, -0.1) is 0 Å². The van der Waals surface area contributed by atoms with Gasteiger partial charge in [0, 0.05) is 24.6 Å². The third-order valence-corrected chi connectivity index (χ3v) is 3.33. The Labute approximate surface area is 113 Å². The van der Waals surface area contributed by atoms with Crippen LogP contribution in [0, 0.1) is 0 Å². The van der Waals surface area contributed by atoms with E-state index in [9.17, 15) is 5.11 Å². The molecule has 19 heavy (non-hydrogen) atoms. The maximum absolute atomic E-state index is 9.83. The Morgan fingerprint density at radius 3 is 3.00 bits per heavy atom. The van der Waals surface area contributed by atoms with Gasteiger partial charge in [-0.3, -0.25) is 0 Å². The summed E-state index contributed by atoms with van der Waals surface area (Å²) in [5.74, 6) is 1.62. The zero-order valence-electron chi connectivity index (χ0n) is 11.3. The molecule has 5 nitrogen and oxygen atoms in total. The molecule has 0 spiro atoms. The van der Waals surface area contributed by atoms with Crippen LogP contribution in [0.2, 0.25) is 0 Å². The average molecular weight is 267 g/mol. The third-order valence-electron chi connectivity index (χ3n) is 3.33. The number of hydrogen-bond donors (Lipinski definition) is 3. The summed E-state index contributed by atoms with van der Waals surface area (Å²) in [5.41, 5.74) is -0.0866.